The predicted octanol–water partition coefficient (Wildman–Crippen LogP) is 3.79. The van der Waals surface area contributed by atoms with Gasteiger partial charge in [-0.1, -0.05) is 29.8 Å². The zero-order valence-corrected chi connectivity index (χ0v) is 19.0. The van der Waals surface area contributed by atoms with Gasteiger partial charge in [-0.15, -0.1) is 0 Å². The van der Waals surface area contributed by atoms with Gasteiger partial charge in [0.05, 0.1) is 19.1 Å². The Morgan fingerprint density at radius 3 is 2.31 bits per heavy atom. The molecule has 3 aromatic carbocycles. The molecule has 0 atom stereocenters. The van der Waals surface area contributed by atoms with Gasteiger partial charge in [0.15, 0.2) is 11.5 Å². The molecule has 0 saturated carbocycles. The first-order chi connectivity index (χ1) is 15.3. The maximum Gasteiger partial charge on any atom is 0.261 e. The van der Waals surface area contributed by atoms with Crippen LogP contribution in [-0.2, 0) is 16.4 Å². The van der Waals surface area contributed by atoms with Crippen LogP contribution in [0.15, 0.2) is 71.6 Å². The predicted molar refractivity (Wildman–Crippen MR) is 124 cm³/mol. The van der Waals surface area contributed by atoms with E-state index in [1.165, 1.54) is 12.1 Å². The fourth-order valence-corrected chi connectivity index (χ4v) is 4.20. The summed E-state index contributed by atoms with van der Waals surface area (Å²) in [5.41, 5.74) is 2.73. The fourth-order valence-electron chi connectivity index (χ4n) is 3.10. The molecule has 8 heteroatoms. The maximum absolute atomic E-state index is 12.7. The fraction of sp³-hybridized carbons (Fsp3) is 0.208. The second-order valence-electron chi connectivity index (χ2n) is 7.19. The molecule has 32 heavy (non-hydrogen) atoms. The Kier molecular flexibility index (Phi) is 7.37. The molecule has 3 rings (SSSR count). The highest BCUT2D eigenvalue weighted by atomic mass is 32.2. The number of hydrogen-bond donors (Lipinski definition) is 2. The zero-order chi connectivity index (χ0) is 23.1. The van der Waals surface area contributed by atoms with Crippen molar-refractivity contribution in [1.82, 2.24) is 5.32 Å². The second-order valence-corrected chi connectivity index (χ2v) is 8.88. The van der Waals surface area contributed by atoms with Crippen LogP contribution in [0.4, 0.5) is 5.69 Å². The van der Waals surface area contributed by atoms with E-state index < -0.39 is 10.0 Å². The lowest BCUT2D eigenvalue weighted by molar-refractivity contribution is 0.0954. The van der Waals surface area contributed by atoms with Gasteiger partial charge in [-0.25, -0.2) is 8.42 Å². The molecule has 0 aliphatic carbocycles. The summed E-state index contributed by atoms with van der Waals surface area (Å²) in [6.45, 7) is 2.30. The lowest BCUT2D eigenvalue weighted by atomic mass is 10.1. The SMILES string of the molecule is COc1ccc(CCNC(=O)c2cccc(S(=O)(=O)Nc3ccc(C)cc3)c2)cc1OC. The molecule has 168 valence electrons. The third-order valence-corrected chi connectivity index (χ3v) is 6.24. The first-order valence-corrected chi connectivity index (χ1v) is 11.5. The summed E-state index contributed by atoms with van der Waals surface area (Å²) in [4.78, 5) is 12.6. The minimum absolute atomic E-state index is 0.0191. The Morgan fingerprint density at radius 1 is 0.906 bits per heavy atom. The van der Waals surface area contributed by atoms with Crippen LogP contribution in [0.2, 0.25) is 0 Å². The van der Waals surface area contributed by atoms with Crippen LogP contribution >= 0.6 is 0 Å². The van der Waals surface area contributed by atoms with Gasteiger partial charge in [0.1, 0.15) is 0 Å². The van der Waals surface area contributed by atoms with Gasteiger partial charge < -0.3 is 14.8 Å². The molecule has 7 nitrogen and oxygen atoms in total. The Morgan fingerprint density at radius 2 is 1.62 bits per heavy atom. The standard InChI is InChI=1S/C24H26N2O5S/c1-17-7-10-20(11-8-17)26-32(28,29)21-6-4-5-19(16-21)24(27)25-14-13-18-9-12-22(30-2)23(15-18)31-3/h4-12,15-16,26H,13-14H2,1-3H3,(H,25,27). The van der Waals surface area contributed by atoms with Crippen molar-refractivity contribution in [3.8, 4) is 11.5 Å². The normalized spacial score (nSPS) is 11.0. The smallest absolute Gasteiger partial charge is 0.261 e. The van der Waals surface area contributed by atoms with Crippen molar-refractivity contribution in [2.75, 3.05) is 25.5 Å². The van der Waals surface area contributed by atoms with Gasteiger partial charge in [0.2, 0.25) is 0 Å². The molecule has 3 aromatic rings. The van der Waals surface area contributed by atoms with E-state index in [4.69, 9.17) is 9.47 Å². The number of ether oxygens (including phenoxy) is 2. The van der Waals surface area contributed by atoms with Crippen LogP contribution < -0.4 is 19.5 Å². The number of amides is 1. The van der Waals surface area contributed by atoms with Crippen LogP contribution in [-0.4, -0.2) is 35.1 Å². The largest absolute Gasteiger partial charge is 0.493 e. The van der Waals surface area contributed by atoms with E-state index in [9.17, 15) is 13.2 Å². The molecule has 0 heterocycles. The summed E-state index contributed by atoms with van der Waals surface area (Å²) in [5, 5.41) is 2.82. The second kappa shape index (κ2) is 10.2. The van der Waals surface area contributed by atoms with Crippen molar-refractivity contribution in [3.05, 3.63) is 83.4 Å². The first-order valence-electron chi connectivity index (χ1n) is 10.0. The van der Waals surface area contributed by atoms with E-state index in [1.54, 1.807) is 38.5 Å². The van der Waals surface area contributed by atoms with Crippen molar-refractivity contribution < 1.29 is 22.7 Å². The molecule has 0 saturated heterocycles. The molecule has 0 spiro atoms. The van der Waals surface area contributed by atoms with Crippen molar-refractivity contribution >= 4 is 21.6 Å². The summed E-state index contributed by atoms with van der Waals surface area (Å²) in [5.74, 6) is 0.908. The third kappa shape index (κ3) is 5.79. The minimum atomic E-state index is -3.82. The van der Waals surface area contributed by atoms with Gasteiger partial charge in [0.25, 0.3) is 15.9 Å². The number of methoxy groups -OCH3 is 2. The van der Waals surface area contributed by atoms with Crippen LogP contribution in [0.25, 0.3) is 0 Å². The number of anilines is 1. The van der Waals surface area contributed by atoms with E-state index in [0.29, 0.717) is 30.2 Å². The monoisotopic (exact) mass is 454 g/mol. The van der Waals surface area contributed by atoms with Crippen molar-refractivity contribution in [1.29, 1.82) is 0 Å². The number of rotatable bonds is 9. The van der Waals surface area contributed by atoms with Crippen molar-refractivity contribution in [2.24, 2.45) is 0 Å². The zero-order valence-electron chi connectivity index (χ0n) is 18.2. The molecular formula is C24H26N2O5S. The summed E-state index contributed by atoms with van der Waals surface area (Å²) < 4.78 is 38.5. The molecule has 0 aliphatic heterocycles. The highest BCUT2D eigenvalue weighted by Gasteiger charge is 2.16. The summed E-state index contributed by atoms with van der Waals surface area (Å²) in [7, 11) is -0.676. The highest BCUT2D eigenvalue weighted by Crippen LogP contribution is 2.27. The molecule has 0 aromatic heterocycles. The Balaban J connectivity index is 1.64. The molecule has 0 bridgehead atoms. The topological polar surface area (TPSA) is 93.7 Å². The quantitative estimate of drug-likeness (QED) is 0.513. The number of nitrogens with one attached hydrogen (secondary N) is 2. The Bertz CT molecular complexity index is 1190. The van der Waals surface area contributed by atoms with Gasteiger partial charge in [-0.05, 0) is 61.4 Å². The summed E-state index contributed by atoms with van der Waals surface area (Å²) in [6, 6.07) is 18.5. The van der Waals surface area contributed by atoms with Gasteiger partial charge >= 0.3 is 0 Å². The van der Waals surface area contributed by atoms with Gasteiger partial charge in [-0.3, -0.25) is 9.52 Å². The lowest BCUT2D eigenvalue weighted by Gasteiger charge is -2.11. The third-order valence-electron chi connectivity index (χ3n) is 4.86. The van der Waals surface area contributed by atoms with Gasteiger partial charge in [0, 0.05) is 17.8 Å². The van der Waals surface area contributed by atoms with E-state index in [0.717, 1.165) is 11.1 Å². The number of aryl methyl sites for hydroxylation is 1. The van der Waals surface area contributed by atoms with Crippen molar-refractivity contribution in [3.63, 3.8) is 0 Å². The maximum atomic E-state index is 12.7. The van der Waals surface area contributed by atoms with Crippen LogP contribution in [0.5, 0.6) is 11.5 Å². The number of benzene rings is 3. The minimum Gasteiger partial charge on any atom is -0.493 e. The van der Waals surface area contributed by atoms with E-state index in [2.05, 4.69) is 10.0 Å². The van der Waals surface area contributed by atoms with E-state index in [1.807, 2.05) is 37.3 Å². The molecular weight excluding hydrogens is 428 g/mol. The molecule has 0 fully saturated rings. The number of carbonyl (C=O) groups excluding carboxylic acids is 1. The number of carbonyl (C=O) groups is 1. The average molecular weight is 455 g/mol. The lowest BCUT2D eigenvalue weighted by Crippen LogP contribution is -2.26. The summed E-state index contributed by atoms with van der Waals surface area (Å²) >= 11 is 0. The highest BCUT2D eigenvalue weighted by molar-refractivity contribution is 7.92. The Labute approximate surface area is 188 Å². The molecule has 0 radical (unpaired) electrons. The Hall–Kier alpha value is -3.52. The molecule has 2 N–H and O–H groups in total. The first kappa shape index (κ1) is 23.1. The molecule has 0 aliphatic rings. The summed E-state index contributed by atoms with van der Waals surface area (Å²) in [6.07, 6.45) is 0.582. The van der Waals surface area contributed by atoms with Crippen LogP contribution in [0.1, 0.15) is 21.5 Å². The van der Waals surface area contributed by atoms with E-state index >= 15 is 0 Å². The van der Waals surface area contributed by atoms with Crippen LogP contribution in [0.3, 0.4) is 0 Å². The van der Waals surface area contributed by atoms with Crippen LogP contribution in [0, 0.1) is 6.92 Å². The average Bonchev–Trinajstić information content (AvgIpc) is 2.80. The van der Waals surface area contributed by atoms with Crippen molar-refractivity contribution in [2.45, 2.75) is 18.2 Å². The van der Waals surface area contributed by atoms with E-state index in [-0.39, 0.29) is 16.4 Å². The number of sulfonamides is 1. The van der Waals surface area contributed by atoms with Gasteiger partial charge in [-0.2, -0.15) is 0 Å². The number of hydrogen-bond acceptors (Lipinski definition) is 5. The molecule has 1 amide bonds. The molecule has 0 unspecified atom stereocenters.